The summed E-state index contributed by atoms with van der Waals surface area (Å²) in [6, 6.07) is 19.3. The summed E-state index contributed by atoms with van der Waals surface area (Å²) >= 11 is 5.94. The number of benzene rings is 3. The number of ether oxygens (including phenoxy) is 1. The van der Waals surface area contributed by atoms with Gasteiger partial charge >= 0.3 is 5.97 Å². The SMILES string of the molecule is COC(=O)/C(=C\c1ccc(Cl)cc1)CN(c1ccccc1C=O)S(=O)(=O)c1ccc(C)cc1. The highest BCUT2D eigenvalue weighted by Crippen LogP contribution is 2.28. The largest absolute Gasteiger partial charge is 0.466 e. The van der Waals surface area contributed by atoms with Crippen LogP contribution >= 0.6 is 11.6 Å². The van der Waals surface area contributed by atoms with Gasteiger partial charge in [-0.2, -0.15) is 0 Å². The number of carbonyl (C=O) groups excluding carboxylic acids is 2. The average molecular weight is 484 g/mol. The lowest BCUT2D eigenvalue weighted by Crippen LogP contribution is -2.35. The smallest absolute Gasteiger partial charge is 0.335 e. The van der Waals surface area contributed by atoms with E-state index in [1.165, 1.54) is 37.5 Å². The number of hydrogen-bond acceptors (Lipinski definition) is 5. The number of esters is 1. The molecule has 33 heavy (non-hydrogen) atoms. The van der Waals surface area contributed by atoms with Crippen LogP contribution in [0.2, 0.25) is 5.02 Å². The van der Waals surface area contributed by atoms with E-state index < -0.39 is 16.0 Å². The minimum absolute atomic E-state index is 0.0320. The van der Waals surface area contributed by atoms with Gasteiger partial charge in [-0.05, 0) is 55.0 Å². The van der Waals surface area contributed by atoms with Gasteiger partial charge in [0.1, 0.15) is 0 Å². The highest BCUT2D eigenvalue weighted by Gasteiger charge is 2.29. The summed E-state index contributed by atoms with van der Waals surface area (Å²) in [7, 11) is -2.92. The number of sulfonamides is 1. The molecule has 0 aliphatic rings. The van der Waals surface area contributed by atoms with E-state index in [2.05, 4.69) is 0 Å². The first-order valence-corrected chi connectivity index (χ1v) is 11.8. The van der Waals surface area contributed by atoms with Crippen LogP contribution in [0, 0.1) is 6.92 Å². The van der Waals surface area contributed by atoms with Gasteiger partial charge in [-0.25, -0.2) is 13.2 Å². The molecule has 0 N–H and O–H groups in total. The first-order chi connectivity index (χ1) is 15.8. The molecule has 6 nitrogen and oxygen atoms in total. The number of rotatable bonds is 8. The predicted molar refractivity (Wildman–Crippen MR) is 129 cm³/mol. The Morgan fingerprint density at radius 2 is 1.64 bits per heavy atom. The summed E-state index contributed by atoms with van der Waals surface area (Å²) in [5.41, 5.74) is 1.93. The molecule has 3 aromatic rings. The van der Waals surface area contributed by atoms with Crippen LogP contribution in [0.25, 0.3) is 6.08 Å². The second-order valence-corrected chi connectivity index (χ2v) is 9.51. The van der Waals surface area contributed by atoms with Crippen molar-refractivity contribution in [3.63, 3.8) is 0 Å². The number of aldehydes is 1. The molecule has 0 aliphatic carbocycles. The number of hydrogen-bond donors (Lipinski definition) is 0. The van der Waals surface area contributed by atoms with Crippen LogP contribution in [0.1, 0.15) is 21.5 Å². The highest BCUT2D eigenvalue weighted by atomic mass is 35.5. The lowest BCUT2D eigenvalue weighted by molar-refractivity contribution is -0.136. The summed E-state index contributed by atoms with van der Waals surface area (Å²) in [6.45, 7) is 1.50. The summed E-state index contributed by atoms with van der Waals surface area (Å²) in [4.78, 5) is 24.3. The van der Waals surface area contributed by atoms with Crippen LogP contribution in [-0.2, 0) is 19.6 Å². The van der Waals surface area contributed by atoms with Gasteiger partial charge < -0.3 is 4.74 Å². The van der Waals surface area contributed by atoms with Crippen molar-refractivity contribution in [1.29, 1.82) is 0 Å². The second-order valence-electron chi connectivity index (χ2n) is 7.21. The summed E-state index contributed by atoms with van der Waals surface area (Å²) in [6.07, 6.45) is 2.11. The molecule has 0 heterocycles. The number of carbonyl (C=O) groups is 2. The standard InChI is InChI=1S/C25H22ClNO5S/c1-18-7-13-23(14-8-18)33(30,31)27(24-6-4-3-5-20(24)17-28)16-21(25(29)32-2)15-19-9-11-22(26)12-10-19/h3-15,17H,16H2,1-2H3/b21-15-. The zero-order valence-electron chi connectivity index (χ0n) is 18.1. The Balaban J connectivity index is 2.17. The minimum Gasteiger partial charge on any atom is -0.466 e. The van der Waals surface area contributed by atoms with E-state index >= 15 is 0 Å². The minimum atomic E-state index is -4.13. The maximum Gasteiger partial charge on any atom is 0.335 e. The first kappa shape index (κ1) is 24.2. The van der Waals surface area contributed by atoms with E-state index in [0.717, 1.165) is 9.87 Å². The molecule has 8 heteroatoms. The first-order valence-electron chi connectivity index (χ1n) is 9.94. The van der Waals surface area contributed by atoms with Crippen molar-refractivity contribution in [3.8, 4) is 0 Å². The van der Waals surface area contributed by atoms with Gasteiger partial charge in [0, 0.05) is 10.6 Å². The van der Waals surface area contributed by atoms with Crippen LogP contribution in [0.15, 0.2) is 83.3 Å². The molecule has 0 unspecified atom stereocenters. The topological polar surface area (TPSA) is 80.8 Å². The number of nitrogens with zero attached hydrogens (tertiary/aromatic N) is 1. The summed E-state index contributed by atoms with van der Waals surface area (Å²) < 4.78 is 33.3. The molecule has 0 fully saturated rings. The fraction of sp³-hybridized carbons (Fsp3) is 0.120. The zero-order valence-corrected chi connectivity index (χ0v) is 19.6. The second kappa shape index (κ2) is 10.5. The number of para-hydroxylation sites is 1. The number of halogens is 1. The van der Waals surface area contributed by atoms with Crippen LogP contribution in [0.5, 0.6) is 0 Å². The van der Waals surface area contributed by atoms with Gasteiger partial charge in [-0.15, -0.1) is 0 Å². The quantitative estimate of drug-likeness (QED) is 0.258. The van der Waals surface area contributed by atoms with Gasteiger partial charge in [-0.3, -0.25) is 9.10 Å². The van der Waals surface area contributed by atoms with Crippen molar-refractivity contribution in [1.82, 2.24) is 0 Å². The van der Waals surface area contributed by atoms with Crippen molar-refractivity contribution >= 4 is 45.6 Å². The Hall–Kier alpha value is -3.42. The van der Waals surface area contributed by atoms with Gasteiger partial charge in [0.25, 0.3) is 10.0 Å². The Labute approximate surface area is 198 Å². The monoisotopic (exact) mass is 483 g/mol. The van der Waals surface area contributed by atoms with E-state index in [1.807, 2.05) is 6.92 Å². The van der Waals surface area contributed by atoms with E-state index in [9.17, 15) is 18.0 Å². The summed E-state index contributed by atoms with van der Waals surface area (Å²) in [5.74, 6) is -0.697. The van der Waals surface area contributed by atoms with Crippen molar-refractivity contribution in [2.24, 2.45) is 0 Å². The molecule has 170 valence electrons. The molecule has 3 rings (SSSR count). The molecule has 0 atom stereocenters. The lowest BCUT2D eigenvalue weighted by Gasteiger charge is -2.26. The third kappa shape index (κ3) is 5.69. The molecule has 0 amide bonds. The van der Waals surface area contributed by atoms with Gasteiger partial charge in [0.15, 0.2) is 6.29 Å². The third-order valence-corrected chi connectivity index (χ3v) is 6.94. The normalized spacial score (nSPS) is 11.7. The molecule has 0 aromatic heterocycles. The third-order valence-electron chi connectivity index (χ3n) is 4.91. The fourth-order valence-corrected chi connectivity index (χ4v) is 4.76. The van der Waals surface area contributed by atoms with Crippen molar-refractivity contribution < 1.29 is 22.7 Å². The number of methoxy groups -OCH3 is 1. The molecule has 0 bridgehead atoms. The molecular weight excluding hydrogens is 462 g/mol. The Morgan fingerprint density at radius 3 is 2.24 bits per heavy atom. The van der Waals surface area contributed by atoms with E-state index in [-0.39, 0.29) is 28.3 Å². The van der Waals surface area contributed by atoms with Crippen LogP contribution in [0.4, 0.5) is 5.69 Å². The van der Waals surface area contributed by atoms with Gasteiger partial charge in [0.05, 0.1) is 29.8 Å². The van der Waals surface area contributed by atoms with Crippen LogP contribution in [0.3, 0.4) is 0 Å². The molecule has 0 saturated carbocycles. The van der Waals surface area contributed by atoms with E-state index in [4.69, 9.17) is 16.3 Å². The maximum absolute atomic E-state index is 13.7. The molecule has 3 aromatic carbocycles. The Bertz CT molecular complexity index is 1280. The van der Waals surface area contributed by atoms with Crippen molar-refractivity contribution in [2.45, 2.75) is 11.8 Å². The maximum atomic E-state index is 13.7. The number of anilines is 1. The van der Waals surface area contributed by atoms with E-state index in [0.29, 0.717) is 16.9 Å². The zero-order chi connectivity index (χ0) is 24.0. The molecular formula is C25H22ClNO5S. The van der Waals surface area contributed by atoms with Gasteiger partial charge in [-0.1, -0.05) is 53.6 Å². The van der Waals surface area contributed by atoms with Crippen LogP contribution < -0.4 is 4.31 Å². The molecule has 0 saturated heterocycles. The Kier molecular flexibility index (Phi) is 7.68. The van der Waals surface area contributed by atoms with E-state index in [1.54, 1.807) is 48.5 Å². The molecule has 0 radical (unpaired) electrons. The average Bonchev–Trinajstić information content (AvgIpc) is 2.82. The predicted octanol–water partition coefficient (Wildman–Crippen LogP) is 4.91. The highest BCUT2D eigenvalue weighted by molar-refractivity contribution is 7.92. The molecule has 0 spiro atoms. The van der Waals surface area contributed by atoms with Crippen LogP contribution in [-0.4, -0.2) is 34.3 Å². The lowest BCUT2D eigenvalue weighted by atomic mass is 10.1. The fourth-order valence-electron chi connectivity index (χ4n) is 3.17. The number of aryl methyl sites for hydroxylation is 1. The Morgan fingerprint density at radius 1 is 1.00 bits per heavy atom. The van der Waals surface area contributed by atoms with Crippen molar-refractivity contribution in [3.05, 3.63) is 100 Å². The molecule has 0 aliphatic heterocycles. The van der Waals surface area contributed by atoms with Crippen molar-refractivity contribution in [2.75, 3.05) is 18.0 Å². The summed E-state index contributed by atoms with van der Waals surface area (Å²) in [5, 5.41) is 0.523. The van der Waals surface area contributed by atoms with Gasteiger partial charge in [0.2, 0.25) is 0 Å².